The number of aromatic nitrogens is 5. The number of piperidine rings is 1. The molecule has 184 valence electrons. The van der Waals surface area contributed by atoms with E-state index in [4.69, 9.17) is 4.98 Å². The van der Waals surface area contributed by atoms with Gasteiger partial charge in [-0.15, -0.1) is 0 Å². The van der Waals surface area contributed by atoms with Gasteiger partial charge in [-0.05, 0) is 48.6 Å². The van der Waals surface area contributed by atoms with Crippen molar-refractivity contribution in [3.05, 3.63) is 90.0 Å². The molecule has 0 N–H and O–H groups in total. The molecule has 36 heavy (non-hydrogen) atoms. The molecule has 2 aromatic carbocycles. The van der Waals surface area contributed by atoms with Crippen LogP contribution < -0.4 is 4.90 Å². The van der Waals surface area contributed by atoms with Gasteiger partial charge in [-0.25, -0.2) is 24.0 Å². The second kappa shape index (κ2) is 10.2. The monoisotopic (exact) mass is 485 g/mol. The highest BCUT2D eigenvalue weighted by Gasteiger charge is 2.33. The van der Waals surface area contributed by atoms with Crippen LogP contribution in [-0.4, -0.2) is 56.2 Å². The number of anilines is 1. The average molecular weight is 486 g/mol. The van der Waals surface area contributed by atoms with Gasteiger partial charge in [-0.1, -0.05) is 30.3 Å². The minimum atomic E-state index is -0.301. The number of carbonyl (C=O) groups is 1. The van der Waals surface area contributed by atoms with Crippen molar-refractivity contribution in [1.29, 1.82) is 0 Å². The maximum absolute atomic E-state index is 14.0. The maximum Gasteiger partial charge on any atom is 0.254 e. The average Bonchev–Trinajstić information content (AvgIpc) is 3.42. The molecule has 1 aliphatic heterocycles. The molecule has 0 bridgehead atoms. The molecule has 1 saturated heterocycles. The van der Waals surface area contributed by atoms with Crippen LogP contribution in [0.3, 0.4) is 0 Å². The number of nitrogens with zero attached hydrogens (tertiary/aromatic N) is 7. The smallest absolute Gasteiger partial charge is 0.254 e. The summed E-state index contributed by atoms with van der Waals surface area (Å²) in [6, 6.07) is 13.7. The summed E-state index contributed by atoms with van der Waals surface area (Å²) in [4.78, 5) is 31.2. The van der Waals surface area contributed by atoms with Crippen molar-refractivity contribution >= 4 is 11.9 Å². The van der Waals surface area contributed by atoms with Gasteiger partial charge in [-0.3, -0.25) is 4.79 Å². The first kappa shape index (κ1) is 23.6. The first-order valence-corrected chi connectivity index (χ1v) is 12.0. The predicted molar refractivity (Wildman–Crippen MR) is 135 cm³/mol. The van der Waals surface area contributed by atoms with Crippen LogP contribution in [-0.2, 0) is 6.54 Å². The second-order valence-electron chi connectivity index (χ2n) is 9.13. The van der Waals surface area contributed by atoms with Gasteiger partial charge in [-0.2, -0.15) is 5.10 Å². The molecule has 1 fully saturated rings. The van der Waals surface area contributed by atoms with Crippen molar-refractivity contribution in [1.82, 2.24) is 29.6 Å². The Kier molecular flexibility index (Phi) is 6.71. The summed E-state index contributed by atoms with van der Waals surface area (Å²) in [5, 5.41) is 4.20. The van der Waals surface area contributed by atoms with Crippen molar-refractivity contribution in [3.63, 3.8) is 0 Å². The first-order valence-electron chi connectivity index (χ1n) is 12.0. The van der Waals surface area contributed by atoms with E-state index in [1.807, 2.05) is 48.2 Å². The molecule has 0 aliphatic carbocycles. The lowest BCUT2D eigenvalue weighted by molar-refractivity contribution is 0.0605. The summed E-state index contributed by atoms with van der Waals surface area (Å²) < 4.78 is 15.4. The van der Waals surface area contributed by atoms with Gasteiger partial charge in [0, 0.05) is 38.0 Å². The second-order valence-corrected chi connectivity index (χ2v) is 9.13. The topological polar surface area (TPSA) is 80.0 Å². The van der Waals surface area contributed by atoms with E-state index in [1.165, 1.54) is 18.5 Å². The number of amides is 1. The summed E-state index contributed by atoms with van der Waals surface area (Å²) >= 11 is 0. The van der Waals surface area contributed by atoms with Crippen LogP contribution in [0.1, 0.15) is 46.9 Å². The number of rotatable bonds is 6. The van der Waals surface area contributed by atoms with Gasteiger partial charge in [0.2, 0.25) is 5.95 Å². The normalized spacial score (nSPS) is 15.6. The van der Waals surface area contributed by atoms with Gasteiger partial charge < -0.3 is 9.80 Å². The van der Waals surface area contributed by atoms with Crippen molar-refractivity contribution in [2.75, 3.05) is 25.5 Å². The number of likely N-dealkylation sites (tertiary alicyclic amines) is 1. The number of halogens is 1. The quantitative estimate of drug-likeness (QED) is 0.404. The van der Waals surface area contributed by atoms with Gasteiger partial charge in [0.1, 0.15) is 18.5 Å². The van der Waals surface area contributed by atoms with E-state index < -0.39 is 0 Å². The fourth-order valence-electron chi connectivity index (χ4n) is 4.68. The van der Waals surface area contributed by atoms with Gasteiger partial charge in [0.25, 0.3) is 5.91 Å². The van der Waals surface area contributed by atoms with Crippen LogP contribution >= 0.6 is 0 Å². The summed E-state index contributed by atoms with van der Waals surface area (Å²) in [7, 11) is 3.78. The minimum Gasteiger partial charge on any atom is -0.347 e. The van der Waals surface area contributed by atoms with E-state index in [2.05, 4.69) is 15.1 Å². The molecule has 1 amide bonds. The van der Waals surface area contributed by atoms with Crippen molar-refractivity contribution in [2.24, 2.45) is 0 Å². The Balaban J connectivity index is 1.55. The minimum absolute atomic E-state index is 0.0366. The fraction of sp³-hybridized carbons (Fsp3) is 0.296. The van der Waals surface area contributed by atoms with Crippen molar-refractivity contribution < 1.29 is 9.18 Å². The highest BCUT2D eigenvalue weighted by molar-refractivity contribution is 5.96. The Hall–Kier alpha value is -4.14. The zero-order valence-electron chi connectivity index (χ0n) is 20.4. The first-order chi connectivity index (χ1) is 17.5. The highest BCUT2D eigenvalue weighted by Crippen LogP contribution is 2.37. The third-order valence-electron chi connectivity index (χ3n) is 6.49. The van der Waals surface area contributed by atoms with E-state index in [-0.39, 0.29) is 17.8 Å². The molecule has 0 spiro atoms. The van der Waals surface area contributed by atoms with Gasteiger partial charge in [0.15, 0.2) is 0 Å². The molecule has 1 atom stereocenters. The lowest BCUT2D eigenvalue weighted by Gasteiger charge is -2.37. The Morgan fingerprint density at radius 2 is 1.92 bits per heavy atom. The molecule has 9 heteroatoms. The number of hydrogen-bond acceptors (Lipinski definition) is 6. The zero-order chi connectivity index (χ0) is 25.1. The van der Waals surface area contributed by atoms with Crippen LogP contribution in [0.4, 0.5) is 10.3 Å². The number of hydrogen-bond donors (Lipinski definition) is 0. The molecular weight excluding hydrogens is 457 g/mol. The van der Waals surface area contributed by atoms with Crippen LogP contribution in [0.2, 0.25) is 0 Å². The van der Waals surface area contributed by atoms with Crippen LogP contribution in [0.25, 0.3) is 11.1 Å². The Morgan fingerprint density at radius 1 is 1.11 bits per heavy atom. The van der Waals surface area contributed by atoms with E-state index in [0.29, 0.717) is 24.6 Å². The molecule has 0 radical (unpaired) electrons. The summed E-state index contributed by atoms with van der Waals surface area (Å²) in [5.74, 6) is 0.232. The highest BCUT2D eigenvalue weighted by atomic mass is 19.1. The third kappa shape index (κ3) is 4.82. The summed E-state index contributed by atoms with van der Waals surface area (Å²) in [5.41, 5.74) is 3.93. The molecule has 8 nitrogen and oxygen atoms in total. The Morgan fingerprint density at radius 3 is 2.67 bits per heavy atom. The Labute approximate surface area is 209 Å². The third-order valence-corrected chi connectivity index (χ3v) is 6.49. The van der Waals surface area contributed by atoms with Crippen LogP contribution in [0, 0.1) is 5.82 Å². The molecule has 4 aromatic rings. The lowest BCUT2D eigenvalue weighted by Crippen LogP contribution is -2.39. The lowest BCUT2D eigenvalue weighted by atomic mass is 9.92. The van der Waals surface area contributed by atoms with E-state index in [9.17, 15) is 9.18 Å². The van der Waals surface area contributed by atoms with E-state index in [0.717, 1.165) is 41.6 Å². The predicted octanol–water partition coefficient (Wildman–Crippen LogP) is 4.36. The zero-order valence-corrected chi connectivity index (χ0v) is 20.4. The Bertz CT molecular complexity index is 1340. The fourth-order valence-corrected chi connectivity index (χ4v) is 4.68. The van der Waals surface area contributed by atoms with Crippen molar-refractivity contribution in [2.45, 2.75) is 31.8 Å². The summed E-state index contributed by atoms with van der Waals surface area (Å²) in [6.45, 7) is 1.09. The van der Waals surface area contributed by atoms with Gasteiger partial charge in [0.05, 0.1) is 18.3 Å². The molecule has 5 rings (SSSR count). The maximum atomic E-state index is 14.0. The summed E-state index contributed by atoms with van der Waals surface area (Å²) in [6.07, 6.45) is 7.60. The molecule has 0 unspecified atom stereocenters. The van der Waals surface area contributed by atoms with Gasteiger partial charge >= 0.3 is 0 Å². The SMILES string of the molecule is CN(C)c1ncc(-c2ccc(F)cc2)c([C@H]2CCCCN2C(=O)c2ccccc2Cn2cncn2)n1. The molecule has 1 aliphatic rings. The molecule has 3 heterocycles. The molecule has 2 aromatic heterocycles. The largest absolute Gasteiger partial charge is 0.347 e. The standard InChI is InChI=1S/C27H28FN7O/c1-33(2)27-30-15-23(19-10-12-21(28)13-11-19)25(32-27)24-9-5-6-14-35(24)26(36)22-8-4-3-7-20(22)16-34-18-29-17-31-34/h3-4,7-8,10-13,15,17-18,24H,5-6,9,14,16H2,1-2H3/t24-/m1/s1. The molecule has 0 saturated carbocycles. The van der Waals surface area contributed by atoms with Crippen LogP contribution in [0.15, 0.2) is 67.4 Å². The van der Waals surface area contributed by atoms with E-state index in [1.54, 1.807) is 29.3 Å². The van der Waals surface area contributed by atoms with Crippen LogP contribution in [0.5, 0.6) is 0 Å². The van der Waals surface area contributed by atoms with Crippen molar-refractivity contribution in [3.8, 4) is 11.1 Å². The number of carbonyl (C=O) groups excluding carboxylic acids is 1. The van der Waals surface area contributed by atoms with E-state index >= 15 is 0 Å². The number of benzene rings is 2. The molecular formula is C27H28FN7O.